The number of anilines is 1. The molecule has 11 heteroatoms. The van der Waals surface area contributed by atoms with E-state index in [0.717, 1.165) is 23.4 Å². The van der Waals surface area contributed by atoms with Crippen LogP contribution in [0.15, 0.2) is 16.4 Å². The van der Waals surface area contributed by atoms with Crippen LogP contribution >= 0.6 is 34.4 Å². The fourth-order valence-electron chi connectivity index (χ4n) is 3.24. The Kier molecular flexibility index (Phi) is 6.21. The van der Waals surface area contributed by atoms with Crippen molar-refractivity contribution < 1.29 is 13.9 Å². The molecule has 0 fully saturated rings. The average Bonchev–Trinajstić information content (AvgIpc) is 3.33. The van der Waals surface area contributed by atoms with Gasteiger partial charge in [0.1, 0.15) is 6.33 Å². The van der Waals surface area contributed by atoms with Crippen molar-refractivity contribution in [3.05, 3.63) is 21.3 Å². The second-order valence-corrected chi connectivity index (χ2v) is 9.24. The number of nitrogens with zero attached hydrogens (tertiary/aromatic N) is 4. The van der Waals surface area contributed by atoms with Crippen molar-refractivity contribution >= 4 is 51.3 Å². The SMILES string of the molecule is Cc1c2c(c(F)c(I)c1Sc1nc3c(N)ncnc3n1CCCNC(C)C)OCO2. The molecule has 4 rings (SSSR count). The maximum atomic E-state index is 14.8. The van der Waals surface area contributed by atoms with Crippen LogP contribution in [-0.2, 0) is 6.54 Å². The Balaban J connectivity index is 1.73. The van der Waals surface area contributed by atoms with Gasteiger partial charge in [-0.15, -0.1) is 0 Å². The van der Waals surface area contributed by atoms with E-state index in [1.807, 2.05) is 34.1 Å². The minimum Gasteiger partial charge on any atom is -0.453 e. The summed E-state index contributed by atoms with van der Waals surface area (Å²) in [6, 6.07) is 0.414. The van der Waals surface area contributed by atoms with Gasteiger partial charge >= 0.3 is 0 Å². The lowest BCUT2D eigenvalue weighted by molar-refractivity contribution is 0.170. The predicted octanol–water partition coefficient (Wildman–Crippen LogP) is 3.73. The Morgan fingerprint density at radius 3 is 2.87 bits per heavy atom. The minimum atomic E-state index is -0.417. The summed E-state index contributed by atoms with van der Waals surface area (Å²) in [7, 11) is 0. The maximum absolute atomic E-state index is 14.8. The molecule has 3 aromatic rings. The molecule has 8 nitrogen and oxygen atoms in total. The van der Waals surface area contributed by atoms with E-state index in [2.05, 4.69) is 34.1 Å². The van der Waals surface area contributed by atoms with Gasteiger partial charge in [-0.3, -0.25) is 0 Å². The molecule has 1 aliphatic heterocycles. The van der Waals surface area contributed by atoms with Crippen LogP contribution in [0.1, 0.15) is 25.8 Å². The van der Waals surface area contributed by atoms with Crippen LogP contribution in [0.3, 0.4) is 0 Å². The van der Waals surface area contributed by atoms with E-state index in [-0.39, 0.29) is 12.5 Å². The smallest absolute Gasteiger partial charge is 0.231 e. The van der Waals surface area contributed by atoms with Gasteiger partial charge in [0.2, 0.25) is 12.5 Å². The fourth-order valence-corrected chi connectivity index (χ4v) is 5.25. The summed E-state index contributed by atoms with van der Waals surface area (Å²) in [6.07, 6.45) is 2.32. The third-order valence-electron chi connectivity index (χ3n) is 4.72. The molecule has 0 aliphatic carbocycles. The molecule has 160 valence electrons. The van der Waals surface area contributed by atoms with E-state index in [1.165, 1.54) is 18.1 Å². The van der Waals surface area contributed by atoms with Gasteiger partial charge in [-0.1, -0.05) is 13.8 Å². The van der Waals surface area contributed by atoms with Crippen LogP contribution in [0.25, 0.3) is 11.2 Å². The Bertz CT molecular complexity index is 1110. The third-order valence-corrected chi connectivity index (χ3v) is 7.30. The van der Waals surface area contributed by atoms with Gasteiger partial charge in [-0.05, 0) is 54.2 Å². The quantitative estimate of drug-likeness (QED) is 0.343. The number of fused-ring (bicyclic) bond motifs is 2. The zero-order valence-electron chi connectivity index (χ0n) is 16.8. The lowest BCUT2D eigenvalue weighted by atomic mass is 10.2. The van der Waals surface area contributed by atoms with Gasteiger partial charge in [0.05, 0.1) is 3.57 Å². The first-order chi connectivity index (χ1) is 14.4. The topological polar surface area (TPSA) is 100 Å². The number of nitrogen functional groups attached to an aromatic ring is 1. The van der Waals surface area contributed by atoms with Crippen LogP contribution in [0.5, 0.6) is 11.5 Å². The van der Waals surface area contributed by atoms with Crippen molar-refractivity contribution in [3.63, 3.8) is 0 Å². The highest BCUT2D eigenvalue weighted by molar-refractivity contribution is 14.1. The van der Waals surface area contributed by atoms with Crippen molar-refractivity contribution in [1.29, 1.82) is 0 Å². The molecule has 0 bridgehead atoms. The molecule has 0 spiro atoms. The molecule has 0 radical (unpaired) electrons. The number of ether oxygens (including phenoxy) is 2. The molecule has 3 heterocycles. The number of benzene rings is 1. The van der Waals surface area contributed by atoms with Crippen molar-refractivity contribution in [2.75, 3.05) is 19.1 Å². The van der Waals surface area contributed by atoms with Crippen molar-refractivity contribution in [2.24, 2.45) is 0 Å². The summed E-state index contributed by atoms with van der Waals surface area (Å²) < 4.78 is 28.1. The minimum absolute atomic E-state index is 0.0186. The summed E-state index contributed by atoms with van der Waals surface area (Å²) in [6.45, 7) is 7.69. The summed E-state index contributed by atoms with van der Waals surface area (Å²) >= 11 is 3.37. The van der Waals surface area contributed by atoms with E-state index in [1.54, 1.807) is 0 Å². The number of nitrogens with one attached hydrogen (secondary N) is 1. The number of hydrogen-bond acceptors (Lipinski definition) is 8. The highest BCUT2D eigenvalue weighted by Crippen LogP contribution is 2.47. The first-order valence-electron chi connectivity index (χ1n) is 9.53. The monoisotopic (exact) mass is 544 g/mol. The van der Waals surface area contributed by atoms with Crippen LogP contribution < -0.4 is 20.5 Å². The summed E-state index contributed by atoms with van der Waals surface area (Å²) in [4.78, 5) is 13.9. The van der Waals surface area contributed by atoms with Gasteiger partial charge in [0.15, 0.2) is 33.7 Å². The highest BCUT2D eigenvalue weighted by atomic mass is 127. The Morgan fingerprint density at radius 2 is 2.10 bits per heavy atom. The predicted molar refractivity (Wildman–Crippen MR) is 122 cm³/mol. The second-order valence-electron chi connectivity index (χ2n) is 7.19. The summed E-state index contributed by atoms with van der Waals surface area (Å²) in [5.74, 6) is 0.520. The number of aromatic nitrogens is 4. The van der Waals surface area contributed by atoms with Gasteiger partial charge in [-0.25, -0.2) is 19.3 Å². The molecular weight excluding hydrogens is 522 g/mol. The summed E-state index contributed by atoms with van der Waals surface area (Å²) in [5, 5.41) is 4.09. The van der Waals surface area contributed by atoms with E-state index in [4.69, 9.17) is 15.2 Å². The maximum Gasteiger partial charge on any atom is 0.231 e. The van der Waals surface area contributed by atoms with E-state index >= 15 is 0 Å². The van der Waals surface area contributed by atoms with Gasteiger partial charge in [0.25, 0.3) is 0 Å². The normalized spacial score (nSPS) is 13.0. The molecule has 1 aromatic carbocycles. The van der Waals surface area contributed by atoms with Gasteiger partial charge in [0, 0.05) is 23.0 Å². The van der Waals surface area contributed by atoms with E-state index < -0.39 is 5.82 Å². The molecule has 1 aliphatic rings. The Morgan fingerprint density at radius 1 is 1.33 bits per heavy atom. The summed E-state index contributed by atoms with van der Waals surface area (Å²) in [5.41, 5.74) is 8.07. The zero-order valence-corrected chi connectivity index (χ0v) is 19.8. The largest absolute Gasteiger partial charge is 0.453 e. The molecule has 3 N–H and O–H groups in total. The van der Waals surface area contributed by atoms with Crippen LogP contribution in [0.2, 0.25) is 0 Å². The number of nitrogens with two attached hydrogens (primary N) is 1. The van der Waals surface area contributed by atoms with Crippen LogP contribution in [-0.4, -0.2) is 38.9 Å². The van der Waals surface area contributed by atoms with Crippen LogP contribution in [0, 0.1) is 16.3 Å². The number of rotatable bonds is 7. The van der Waals surface area contributed by atoms with Crippen molar-refractivity contribution in [3.8, 4) is 11.5 Å². The van der Waals surface area contributed by atoms with Crippen molar-refractivity contribution in [2.45, 2.75) is 49.8 Å². The van der Waals surface area contributed by atoms with Crippen molar-refractivity contribution in [1.82, 2.24) is 24.8 Å². The average molecular weight is 544 g/mol. The Labute approximate surface area is 191 Å². The molecule has 2 aromatic heterocycles. The third kappa shape index (κ3) is 3.89. The van der Waals surface area contributed by atoms with E-state index in [0.29, 0.717) is 44.0 Å². The molecular formula is C19H22FIN6O2S. The second kappa shape index (κ2) is 8.71. The molecule has 0 saturated carbocycles. The zero-order chi connectivity index (χ0) is 21.4. The highest BCUT2D eigenvalue weighted by Gasteiger charge is 2.29. The van der Waals surface area contributed by atoms with Gasteiger partial charge in [-0.2, -0.15) is 0 Å². The number of halogens is 2. The Hall–Kier alpha value is -1.86. The van der Waals surface area contributed by atoms with Crippen LogP contribution in [0.4, 0.5) is 10.2 Å². The number of aryl methyl sites for hydroxylation is 1. The molecule has 0 amide bonds. The number of imidazole rings is 1. The number of hydrogen-bond donors (Lipinski definition) is 2. The standard InChI is InChI=1S/C19H22FIN6O2S/c1-9(2)23-5-4-6-27-18-13(17(22)24-7-25-18)26-19(27)30-16-10(3)14-15(29-8-28-14)11(20)12(16)21/h7,9,23H,4-6,8H2,1-3H3,(H2,22,24,25). The lowest BCUT2D eigenvalue weighted by Gasteiger charge is -2.14. The molecule has 0 atom stereocenters. The first-order valence-corrected chi connectivity index (χ1v) is 11.4. The molecule has 30 heavy (non-hydrogen) atoms. The van der Waals surface area contributed by atoms with Gasteiger partial charge < -0.3 is 25.1 Å². The first kappa shape index (κ1) is 21.4. The van der Waals surface area contributed by atoms with E-state index in [9.17, 15) is 4.39 Å². The fraction of sp³-hybridized carbons (Fsp3) is 0.421. The molecule has 0 unspecified atom stereocenters. The lowest BCUT2D eigenvalue weighted by Crippen LogP contribution is -2.24. The molecule has 0 saturated heterocycles.